The first-order valence-electron chi connectivity index (χ1n) is 8.81. The highest BCUT2D eigenvalue weighted by molar-refractivity contribution is 7.80. The number of rotatable bonds is 9. The average molecular weight is 386 g/mol. The quantitative estimate of drug-likeness (QED) is 0.427. The smallest absolute Gasteiger partial charge is 0.339 e. The molecule has 0 saturated carbocycles. The Balaban J connectivity index is 2.71. The highest BCUT2D eigenvalue weighted by atomic mass is 35.5. The van der Waals surface area contributed by atoms with Crippen LogP contribution in [0.2, 0.25) is 5.02 Å². The Labute approximate surface area is 161 Å². The van der Waals surface area contributed by atoms with Crippen LogP contribution in [-0.4, -0.2) is 23.9 Å². The van der Waals surface area contributed by atoms with Crippen LogP contribution in [0.5, 0.6) is 0 Å². The van der Waals surface area contributed by atoms with E-state index < -0.39 is 5.97 Å². The van der Waals surface area contributed by atoms with Crippen molar-refractivity contribution in [2.24, 2.45) is 5.92 Å². The lowest BCUT2D eigenvalue weighted by Crippen LogP contribution is -2.18. The van der Waals surface area contributed by atoms with Gasteiger partial charge in [-0.3, -0.25) is 0 Å². The normalized spacial score (nSPS) is 11.9. The summed E-state index contributed by atoms with van der Waals surface area (Å²) in [7, 11) is 0. The first kappa shape index (κ1) is 21.7. The van der Waals surface area contributed by atoms with E-state index in [0.717, 1.165) is 25.7 Å². The number of halogens is 1. The van der Waals surface area contributed by atoms with Crippen molar-refractivity contribution >= 4 is 40.7 Å². The minimum absolute atomic E-state index is 0.0224. The molecule has 0 spiro atoms. The third-order valence-electron chi connectivity index (χ3n) is 3.77. The summed E-state index contributed by atoms with van der Waals surface area (Å²) in [5.74, 6) is -0.0321. The number of carbonyl (C=O) groups is 1. The lowest BCUT2D eigenvalue weighted by Gasteiger charge is -2.16. The van der Waals surface area contributed by atoms with Gasteiger partial charge in [-0.05, 0) is 56.6 Å². The van der Waals surface area contributed by atoms with Crippen molar-refractivity contribution < 1.29 is 14.3 Å². The number of thiocarbonyl (C=S) groups is 1. The van der Waals surface area contributed by atoms with E-state index in [1.54, 1.807) is 18.2 Å². The molecular weight excluding hydrogens is 358 g/mol. The number of carbonyl (C=O) groups excluding carboxylic acids is 1. The van der Waals surface area contributed by atoms with Crippen LogP contribution in [0.1, 0.15) is 63.7 Å². The first-order chi connectivity index (χ1) is 11.9. The van der Waals surface area contributed by atoms with Gasteiger partial charge < -0.3 is 14.8 Å². The molecular formula is C19H28ClNO3S. The third kappa shape index (κ3) is 8.06. The van der Waals surface area contributed by atoms with Crippen molar-refractivity contribution in [2.75, 3.05) is 11.9 Å². The van der Waals surface area contributed by atoms with Crippen molar-refractivity contribution in [1.29, 1.82) is 0 Å². The molecule has 6 heteroatoms. The van der Waals surface area contributed by atoms with E-state index >= 15 is 0 Å². The molecule has 0 radical (unpaired) electrons. The molecule has 0 heterocycles. The van der Waals surface area contributed by atoms with E-state index in [0.29, 0.717) is 28.8 Å². The minimum atomic E-state index is -0.417. The Morgan fingerprint density at radius 2 is 2.04 bits per heavy atom. The molecule has 1 atom stereocenters. The second kappa shape index (κ2) is 11.3. The van der Waals surface area contributed by atoms with Crippen LogP contribution in [0.4, 0.5) is 5.69 Å². The Morgan fingerprint density at radius 3 is 2.64 bits per heavy atom. The fourth-order valence-electron chi connectivity index (χ4n) is 2.29. The van der Waals surface area contributed by atoms with E-state index in [1.165, 1.54) is 0 Å². The Bertz CT molecular complexity index is 578. The van der Waals surface area contributed by atoms with Crippen LogP contribution in [0.3, 0.4) is 0 Å². The second-order valence-electron chi connectivity index (χ2n) is 6.29. The Kier molecular flexibility index (Phi) is 9.83. The molecule has 0 aliphatic carbocycles. The van der Waals surface area contributed by atoms with Crippen LogP contribution in [-0.2, 0) is 9.47 Å². The number of hydrogen-bond donors (Lipinski definition) is 1. The molecule has 0 aliphatic rings. The number of anilines is 1. The zero-order valence-corrected chi connectivity index (χ0v) is 17.0. The van der Waals surface area contributed by atoms with E-state index in [4.69, 9.17) is 33.3 Å². The average Bonchev–Trinajstić information content (AvgIpc) is 2.55. The van der Waals surface area contributed by atoms with Crippen LogP contribution in [0.15, 0.2) is 18.2 Å². The van der Waals surface area contributed by atoms with Gasteiger partial charge in [0.2, 0.25) is 0 Å². The maximum absolute atomic E-state index is 12.4. The highest BCUT2D eigenvalue weighted by Gasteiger charge is 2.16. The van der Waals surface area contributed by atoms with Crippen LogP contribution in [0, 0.1) is 5.92 Å². The number of hydrogen-bond acceptors (Lipinski definition) is 4. The van der Waals surface area contributed by atoms with E-state index in [-0.39, 0.29) is 11.3 Å². The molecule has 1 unspecified atom stereocenters. The summed E-state index contributed by atoms with van der Waals surface area (Å²) < 4.78 is 10.9. The van der Waals surface area contributed by atoms with Gasteiger partial charge in [-0.15, -0.1) is 0 Å². The first-order valence-corrected chi connectivity index (χ1v) is 9.60. The summed E-state index contributed by atoms with van der Waals surface area (Å²) in [5.41, 5.74) is 0.962. The van der Waals surface area contributed by atoms with Gasteiger partial charge in [0.05, 0.1) is 23.3 Å². The van der Waals surface area contributed by atoms with Crippen molar-refractivity contribution in [3.05, 3.63) is 28.8 Å². The monoisotopic (exact) mass is 385 g/mol. The maximum atomic E-state index is 12.4. The van der Waals surface area contributed by atoms with E-state index in [2.05, 4.69) is 19.2 Å². The minimum Gasteiger partial charge on any atom is -0.468 e. The predicted molar refractivity (Wildman–Crippen MR) is 107 cm³/mol. The topological polar surface area (TPSA) is 47.6 Å². The molecule has 1 aromatic carbocycles. The van der Waals surface area contributed by atoms with Crippen molar-refractivity contribution in [2.45, 2.75) is 59.5 Å². The predicted octanol–water partition coefficient (Wildman–Crippen LogP) is 5.84. The SMILES string of the molecule is CCCCC(CC)COC(=O)c1cc(NC(=S)OC(C)C)ccc1Cl. The number of ether oxygens (including phenoxy) is 2. The molecule has 0 amide bonds. The molecule has 1 rings (SSSR count). The summed E-state index contributed by atoms with van der Waals surface area (Å²) in [5, 5.41) is 3.55. The summed E-state index contributed by atoms with van der Waals surface area (Å²) in [6.07, 6.45) is 4.32. The second-order valence-corrected chi connectivity index (χ2v) is 7.07. The zero-order chi connectivity index (χ0) is 18.8. The fourth-order valence-corrected chi connectivity index (χ4v) is 2.80. The van der Waals surface area contributed by atoms with Gasteiger partial charge in [0.25, 0.3) is 5.17 Å². The Hall–Kier alpha value is -1.33. The van der Waals surface area contributed by atoms with Crippen LogP contribution in [0.25, 0.3) is 0 Å². The zero-order valence-electron chi connectivity index (χ0n) is 15.4. The van der Waals surface area contributed by atoms with E-state index in [9.17, 15) is 4.79 Å². The van der Waals surface area contributed by atoms with Crippen molar-refractivity contribution in [3.63, 3.8) is 0 Å². The van der Waals surface area contributed by atoms with Crippen LogP contribution < -0.4 is 5.32 Å². The lowest BCUT2D eigenvalue weighted by molar-refractivity contribution is 0.0428. The standard InChI is InChI=1S/C19H28ClNO3S/c1-5-7-8-14(6-2)12-23-18(22)16-11-15(9-10-17(16)20)21-19(25)24-13(3)4/h9-11,13-14H,5-8,12H2,1-4H3,(H,21,25). The van der Waals surface area contributed by atoms with Crippen LogP contribution >= 0.6 is 23.8 Å². The van der Waals surface area contributed by atoms with Gasteiger partial charge in [-0.1, -0.05) is 44.7 Å². The fraction of sp³-hybridized carbons (Fsp3) is 0.579. The van der Waals surface area contributed by atoms with Gasteiger partial charge in [-0.25, -0.2) is 4.79 Å². The lowest BCUT2D eigenvalue weighted by atomic mass is 10.0. The number of benzene rings is 1. The molecule has 4 nitrogen and oxygen atoms in total. The molecule has 0 fully saturated rings. The summed E-state index contributed by atoms with van der Waals surface area (Å²) in [6.45, 7) is 8.46. The number of esters is 1. The van der Waals surface area contributed by atoms with Gasteiger partial charge in [-0.2, -0.15) is 0 Å². The summed E-state index contributed by atoms with van der Waals surface area (Å²) in [6, 6.07) is 5.02. The highest BCUT2D eigenvalue weighted by Crippen LogP contribution is 2.23. The van der Waals surface area contributed by atoms with Crippen molar-refractivity contribution in [3.8, 4) is 0 Å². The van der Waals surface area contributed by atoms with E-state index in [1.807, 2.05) is 13.8 Å². The molecule has 0 aliphatic heterocycles. The molecule has 25 heavy (non-hydrogen) atoms. The van der Waals surface area contributed by atoms with Crippen molar-refractivity contribution in [1.82, 2.24) is 0 Å². The summed E-state index contributed by atoms with van der Waals surface area (Å²) in [4.78, 5) is 12.4. The molecule has 0 bridgehead atoms. The van der Waals surface area contributed by atoms with Gasteiger partial charge in [0, 0.05) is 5.69 Å². The van der Waals surface area contributed by atoms with Gasteiger partial charge in [0.15, 0.2) is 0 Å². The summed E-state index contributed by atoms with van der Waals surface area (Å²) >= 11 is 11.3. The van der Waals surface area contributed by atoms with Gasteiger partial charge >= 0.3 is 5.97 Å². The maximum Gasteiger partial charge on any atom is 0.339 e. The largest absolute Gasteiger partial charge is 0.468 e. The Morgan fingerprint density at radius 1 is 1.32 bits per heavy atom. The molecule has 1 aromatic rings. The molecule has 140 valence electrons. The molecule has 0 saturated heterocycles. The third-order valence-corrected chi connectivity index (χ3v) is 4.30. The molecule has 1 N–H and O–H groups in total. The van der Waals surface area contributed by atoms with Gasteiger partial charge in [0.1, 0.15) is 0 Å². The number of nitrogens with one attached hydrogen (secondary N) is 1. The molecule has 0 aromatic heterocycles. The number of unbranched alkanes of at least 4 members (excludes halogenated alkanes) is 1.